The zero-order valence-electron chi connectivity index (χ0n) is 10.8. The molecule has 0 aliphatic heterocycles. The minimum Gasteiger partial charge on any atom is -0.467 e. The van der Waals surface area contributed by atoms with Gasteiger partial charge in [0.1, 0.15) is 5.76 Å². The molecule has 0 amide bonds. The van der Waals surface area contributed by atoms with E-state index in [1.54, 1.807) is 6.26 Å². The number of furan rings is 1. The Morgan fingerprint density at radius 2 is 2.06 bits per heavy atom. The van der Waals surface area contributed by atoms with Crippen LogP contribution in [0.5, 0.6) is 0 Å². The number of hydrogen-bond donors (Lipinski definition) is 1. The summed E-state index contributed by atoms with van der Waals surface area (Å²) in [5, 5.41) is 0. The Bertz CT molecular complexity index is 556. The fourth-order valence-electron chi connectivity index (χ4n) is 2.86. The average molecular weight is 241 g/mol. The van der Waals surface area contributed by atoms with E-state index in [1.807, 2.05) is 13.0 Å². The third-order valence-electron chi connectivity index (χ3n) is 3.86. The van der Waals surface area contributed by atoms with Crippen LogP contribution < -0.4 is 5.73 Å². The van der Waals surface area contributed by atoms with Gasteiger partial charge >= 0.3 is 0 Å². The quantitative estimate of drug-likeness (QED) is 0.895. The zero-order chi connectivity index (χ0) is 12.5. The number of rotatable bonds is 3. The van der Waals surface area contributed by atoms with Crippen LogP contribution in [0.1, 0.15) is 40.5 Å². The molecule has 1 aromatic heterocycles. The van der Waals surface area contributed by atoms with Crippen molar-refractivity contribution in [1.82, 2.24) is 0 Å². The van der Waals surface area contributed by atoms with Crippen molar-refractivity contribution < 1.29 is 4.42 Å². The highest BCUT2D eigenvalue weighted by molar-refractivity contribution is 5.36. The van der Waals surface area contributed by atoms with Crippen molar-refractivity contribution in [1.29, 1.82) is 0 Å². The molecule has 0 fully saturated rings. The molecule has 0 radical (unpaired) electrons. The largest absolute Gasteiger partial charge is 0.467 e. The predicted octanol–water partition coefficient (Wildman–Crippen LogP) is 3.32. The van der Waals surface area contributed by atoms with E-state index in [1.165, 1.54) is 36.0 Å². The van der Waals surface area contributed by atoms with Crippen molar-refractivity contribution in [3.63, 3.8) is 0 Å². The van der Waals surface area contributed by atoms with Gasteiger partial charge in [0.25, 0.3) is 0 Å². The third kappa shape index (κ3) is 2.08. The molecule has 2 heteroatoms. The fraction of sp³-hybridized carbons (Fsp3) is 0.375. The van der Waals surface area contributed by atoms with E-state index in [0.29, 0.717) is 0 Å². The average Bonchev–Trinajstić information content (AvgIpc) is 2.96. The van der Waals surface area contributed by atoms with Crippen LogP contribution in [0.3, 0.4) is 0 Å². The fourth-order valence-corrected chi connectivity index (χ4v) is 2.86. The molecule has 2 N–H and O–H groups in total. The molecule has 2 nitrogen and oxygen atoms in total. The number of benzene rings is 1. The summed E-state index contributed by atoms with van der Waals surface area (Å²) in [5.74, 6) is 0.912. The van der Waals surface area contributed by atoms with Gasteiger partial charge < -0.3 is 10.2 Å². The van der Waals surface area contributed by atoms with E-state index in [0.717, 1.165) is 17.7 Å². The van der Waals surface area contributed by atoms with E-state index >= 15 is 0 Å². The second-order valence-corrected chi connectivity index (χ2v) is 5.24. The van der Waals surface area contributed by atoms with Crippen LogP contribution in [0.2, 0.25) is 0 Å². The first kappa shape index (κ1) is 11.5. The van der Waals surface area contributed by atoms with Crippen molar-refractivity contribution in [2.75, 3.05) is 0 Å². The van der Waals surface area contributed by atoms with E-state index in [4.69, 9.17) is 10.2 Å². The number of hydrogen-bond acceptors (Lipinski definition) is 2. The zero-order valence-corrected chi connectivity index (χ0v) is 10.8. The van der Waals surface area contributed by atoms with E-state index in [2.05, 4.69) is 18.2 Å². The topological polar surface area (TPSA) is 39.2 Å². The third-order valence-corrected chi connectivity index (χ3v) is 3.86. The molecule has 1 heterocycles. The molecule has 1 atom stereocenters. The van der Waals surface area contributed by atoms with Gasteiger partial charge in [-0.15, -0.1) is 0 Å². The maximum atomic E-state index is 6.22. The summed E-state index contributed by atoms with van der Waals surface area (Å²) in [4.78, 5) is 0. The van der Waals surface area contributed by atoms with Crippen LogP contribution in [0, 0.1) is 6.92 Å². The molecule has 0 saturated heterocycles. The molecule has 3 rings (SSSR count). The molecular formula is C16H19NO. The van der Waals surface area contributed by atoms with Gasteiger partial charge in [-0.05, 0) is 60.9 Å². The van der Waals surface area contributed by atoms with Gasteiger partial charge in [0, 0.05) is 0 Å². The van der Waals surface area contributed by atoms with Gasteiger partial charge in [0.15, 0.2) is 0 Å². The molecule has 18 heavy (non-hydrogen) atoms. The van der Waals surface area contributed by atoms with Crippen molar-refractivity contribution in [3.05, 3.63) is 58.5 Å². The van der Waals surface area contributed by atoms with Crippen molar-refractivity contribution >= 4 is 0 Å². The Balaban J connectivity index is 1.79. The number of nitrogens with two attached hydrogens (primary N) is 1. The monoisotopic (exact) mass is 241 g/mol. The lowest BCUT2D eigenvalue weighted by atomic mass is 9.99. The minimum absolute atomic E-state index is 0.0422. The van der Waals surface area contributed by atoms with E-state index in [9.17, 15) is 0 Å². The van der Waals surface area contributed by atoms with Crippen LogP contribution in [-0.4, -0.2) is 0 Å². The Morgan fingerprint density at radius 1 is 1.22 bits per heavy atom. The summed E-state index contributed by atoms with van der Waals surface area (Å²) in [6.07, 6.45) is 6.31. The Labute approximate surface area is 108 Å². The molecule has 0 spiro atoms. The first-order chi connectivity index (χ1) is 8.74. The SMILES string of the molecule is Cc1ccoc1C(N)Cc1ccc2c(c1)CCC2. The van der Waals surface area contributed by atoms with Crippen LogP contribution in [-0.2, 0) is 19.3 Å². The molecular weight excluding hydrogens is 222 g/mol. The maximum Gasteiger partial charge on any atom is 0.123 e. The van der Waals surface area contributed by atoms with Gasteiger partial charge in [0.2, 0.25) is 0 Å². The van der Waals surface area contributed by atoms with Gasteiger partial charge in [-0.2, -0.15) is 0 Å². The van der Waals surface area contributed by atoms with Crippen LogP contribution in [0.15, 0.2) is 34.9 Å². The molecule has 0 saturated carbocycles. The molecule has 1 aromatic carbocycles. The van der Waals surface area contributed by atoms with Gasteiger partial charge in [-0.1, -0.05) is 18.2 Å². The highest BCUT2D eigenvalue weighted by Crippen LogP contribution is 2.26. The van der Waals surface area contributed by atoms with Crippen molar-refractivity contribution in [3.8, 4) is 0 Å². The van der Waals surface area contributed by atoms with Crippen molar-refractivity contribution in [2.45, 2.75) is 38.6 Å². The van der Waals surface area contributed by atoms with Crippen LogP contribution in [0.4, 0.5) is 0 Å². The Hall–Kier alpha value is -1.54. The summed E-state index contributed by atoms with van der Waals surface area (Å²) in [6, 6.07) is 8.72. The van der Waals surface area contributed by atoms with Crippen molar-refractivity contribution in [2.24, 2.45) is 5.73 Å². The summed E-state index contributed by atoms with van der Waals surface area (Å²) in [7, 11) is 0. The summed E-state index contributed by atoms with van der Waals surface area (Å²) < 4.78 is 5.47. The maximum absolute atomic E-state index is 6.22. The Morgan fingerprint density at radius 3 is 2.83 bits per heavy atom. The summed E-state index contributed by atoms with van der Waals surface area (Å²) in [6.45, 7) is 2.04. The summed E-state index contributed by atoms with van der Waals surface area (Å²) in [5.41, 5.74) is 11.7. The first-order valence-corrected chi connectivity index (χ1v) is 6.64. The highest BCUT2D eigenvalue weighted by atomic mass is 16.3. The molecule has 1 aliphatic rings. The normalized spacial score (nSPS) is 15.7. The highest BCUT2D eigenvalue weighted by Gasteiger charge is 2.15. The first-order valence-electron chi connectivity index (χ1n) is 6.64. The standard InChI is InChI=1S/C16H19NO/c1-11-7-8-18-16(11)15(17)10-12-5-6-13-3-2-4-14(13)9-12/h5-9,15H,2-4,10,17H2,1H3. The van der Waals surface area contributed by atoms with Gasteiger partial charge in [0.05, 0.1) is 12.3 Å². The lowest BCUT2D eigenvalue weighted by Crippen LogP contribution is -2.13. The minimum atomic E-state index is -0.0422. The van der Waals surface area contributed by atoms with Gasteiger partial charge in [-0.25, -0.2) is 0 Å². The Kier molecular flexibility index (Phi) is 2.96. The second-order valence-electron chi connectivity index (χ2n) is 5.24. The smallest absolute Gasteiger partial charge is 0.123 e. The molecule has 1 aliphatic carbocycles. The summed E-state index contributed by atoms with van der Waals surface area (Å²) >= 11 is 0. The second kappa shape index (κ2) is 4.62. The van der Waals surface area contributed by atoms with Gasteiger partial charge in [-0.3, -0.25) is 0 Å². The van der Waals surface area contributed by atoms with Crippen LogP contribution in [0.25, 0.3) is 0 Å². The van der Waals surface area contributed by atoms with E-state index in [-0.39, 0.29) is 6.04 Å². The molecule has 0 bridgehead atoms. The van der Waals surface area contributed by atoms with Crippen LogP contribution >= 0.6 is 0 Å². The molecule has 2 aromatic rings. The predicted molar refractivity (Wildman–Crippen MR) is 72.5 cm³/mol. The molecule has 94 valence electrons. The van der Waals surface area contributed by atoms with E-state index < -0.39 is 0 Å². The molecule has 1 unspecified atom stereocenters. The number of aryl methyl sites for hydroxylation is 3. The lowest BCUT2D eigenvalue weighted by molar-refractivity contribution is 0.461. The lowest BCUT2D eigenvalue weighted by Gasteiger charge is -2.11. The number of fused-ring (bicyclic) bond motifs is 1.